The summed E-state index contributed by atoms with van der Waals surface area (Å²) in [4.78, 5) is 20.8. The van der Waals surface area contributed by atoms with Crippen molar-refractivity contribution in [3.63, 3.8) is 0 Å². The summed E-state index contributed by atoms with van der Waals surface area (Å²) >= 11 is 1.33. The Morgan fingerprint density at radius 2 is 1.63 bits per heavy atom. The first kappa shape index (κ1) is 18.1. The number of nitrogens with zero attached hydrogens (tertiary/aromatic N) is 6. The molecule has 0 spiro atoms. The molecule has 0 fully saturated rings. The average molecular weight is 413 g/mol. The van der Waals surface area contributed by atoms with Gasteiger partial charge in [-0.25, -0.2) is 9.50 Å². The Bertz CT molecular complexity index is 1230. The fraction of sp³-hybridized carbons (Fsp3) is 0.0476. The molecule has 30 heavy (non-hydrogen) atoms. The molecule has 3 aromatic heterocycles. The molecule has 0 unspecified atom stereocenters. The van der Waals surface area contributed by atoms with Crippen molar-refractivity contribution in [2.24, 2.45) is 0 Å². The minimum atomic E-state index is -0.459. The van der Waals surface area contributed by atoms with Crippen LogP contribution in [0.25, 0.3) is 5.78 Å². The van der Waals surface area contributed by atoms with Crippen molar-refractivity contribution in [1.82, 2.24) is 29.8 Å². The lowest BCUT2D eigenvalue weighted by Gasteiger charge is -2.14. The Balaban J connectivity index is 1.43. The minimum Gasteiger partial charge on any atom is -0.294 e. The summed E-state index contributed by atoms with van der Waals surface area (Å²) in [5.41, 5.74) is 2.21. The van der Waals surface area contributed by atoms with Gasteiger partial charge < -0.3 is 0 Å². The molecule has 0 atom stereocenters. The zero-order valence-corrected chi connectivity index (χ0v) is 16.4. The van der Waals surface area contributed by atoms with Crippen LogP contribution in [0.2, 0.25) is 0 Å². The Morgan fingerprint density at radius 3 is 2.30 bits per heavy atom. The molecule has 1 N–H and O–H groups in total. The highest BCUT2D eigenvalue weighted by Crippen LogP contribution is 2.34. The number of rotatable bonds is 5. The fourth-order valence-electron chi connectivity index (χ4n) is 3.15. The van der Waals surface area contributed by atoms with Gasteiger partial charge >= 0.3 is 0 Å². The monoisotopic (exact) mass is 413 g/mol. The normalized spacial score (nSPS) is 11.1. The van der Waals surface area contributed by atoms with Crippen molar-refractivity contribution in [3.8, 4) is 0 Å². The third kappa shape index (κ3) is 3.53. The molecule has 5 rings (SSSR count). The lowest BCUT2D eigenvalue weighted by molar-refractivity contribution is 0.101. The van der Waals surface area contributed by atoms with E-state index in [1.165, 1.54) is 15.9 Å². The molecule has 0 saturated carbocycles. The molecule has 9 heteroatoms. The van der Waals surface area contributed by atoms with Gasteiger partial charge in [-0.1, -0.05) is 72.0 Å². The van der Waals surface area contributed by atoms with Crippen molar-refractivity contribution in [3.05, 3.63) is 101 Å². The third-order valence-corrected chi connectivity index (χ3v) is 5.40. The summed E-state index contributed by atoms with van der Waals surface area (Å²) < 4.78 is 1.45. The van der Waals surface area contributed by atoms with Crippen LogP contribution in [-0.2, 0) is 0 Å². The van der Waals surface area contributed by atoms with E-state index in [0.717, 1.165) is 16.1 Å². The molecular weight excluding hydrogens is 398 g/mol. The lowest BCUT2D eigenvalue weighted by Crippen LogP contribution is -2.13. The number of amides is 1. The Morgan fingerprint density at radius 1 is 0.933 bits per heavy atom. The van der Waals surface area contributed by atoms with Gasteiger partial charge in [-0.15, -0.1) is 15.3 Å². The summed E-state index contributed by atoms with van der Waals surface area (Å²) in [5, 5.41) is 16.6. The van der Waals surface area contributed by atoms with Crippen molar-refractivity contribution in [2.45, 2.75) is 5.92 Å². The topological polar surface area (TPSA) is 98.0 Å². The van der Waals surface area contributed by atoms with Crippen molar-refractivity contribution in [1.29, 1.82) is 0 Å². The maximum Gasteiger partial charge on any atom is 0.297 e. The standard InChI is InChI=1S/C21H15N7OS/c29-18(17-23-20-22-12-7-13-28(20)27-17)24-21-26-25-19(30-21)16(14-8-3-1-4-9-14)15-10-5-2-6-11-15/h1-13,16H,(H,24,26,29). The highest BCUT2D eigenvalue weighted by Gasteiger charge is 2.22. The predicted octanol–water partition coefficient (Wildman–Crippen LogP) is 3.41. The number of anilines is 1. The second-order valence-corrected chi connectivity index (χ2v) is 7.46. The highest BCUT2D eigenvalue weighted by atomic mass is 32.1. The lowest BCUT2D eigenvalue weighted by atomic mass is 9.92. The van der Waals surface area contributed by atoms with Crippen LogP contribution in [0.5, 0.6) is 0 Å². The van der Waals surface area contributed by atoms with E-state index in [0.29, 0.717) is 10.9 Å². The van der Waals surface area contributed by atoms with Crippen LogP contribution in [0, 0.1) is 0 Å². The molecule has 3 heterocycles. The van der Waals surface area contributed by atoms with Crippen LogP contribution in [0.15, 0.2) is 79.1 Å². The fourth-order valence-corrected chi connectivity index (χ4v) is 4.05. The van der Waals surface area contributed by atoms with Crippen molar-refractivity contribution in [2.75, 3.05) is 5.32 Å². The summed E-state index contributed by atoms with van der Waals surface area (Å²) in [6, 6.07) is 21.9. The predicted molar refractivity (Wildman–Crippen MR) is 112 cm³/mol. The zero-order valence-electron chi connectivity index (χ0n) is 15.6. The van der Waals surface area contributed by atoms with Gasteiger partial charge in [0.15, 0.2) is 0 Å². The van der Waals surface area contributed by atoms with Gasteiger partial charge in [0, 0.05) is 12.4 Å². The second-order valence-electron chi connectivity index (χ2n) is 6.45. The van der Waals surface area contributed by atoms with E-state index in [-0.39, 0.29) is 11.7 Å². The van der Waals surface area contributed by atoms with Gasteiger partial charge in [0.25, 0.3) is 11.7 Å². The summed E-state index contributed by atoms with van der Waals surface area (Å²) in [6.45, 7) is 0. The van der Waals surface area contributed by atoms with Gasteiger partial charge in [-0.3, -0.25) is 10.1 Å². The maximum absolute atomic E-state index is 12.6. The first-order valence-electron chi connectivity index (χ1n) is 9.20. The van der Waals surface area contributed by atoms with E-state index >= 15 is 0 Å². The molecule has 0 saturated heterocycles. The number of carbonyl (C=O) groups excluding carboxylic acids is 1. The van der Waals surface area contributed by atoms with E-state index in [9.17, 15) is 4.79 Å². The van der Waals surface area contributed by atoms with E-state index in [4.69, 9.17) is 0 Å². The van der Waals surface area contributed by atoms with Crippen molar-refractivity contribution >= 4 is 28.2 Å². The molecule has 8 nitrogen and oxygen atoms in total. The number of benzene rings is 2. The van der Waals surface area contributed by atoms with Gasteiger partial charge in [0.1, 0.15) is 5.01 Å². The van der Waals surface area contributed by atoms with E-state index in [1.807, 2.05) is 36.4 Å². The van der Waals surface area contributed by atoms with Crippen LogP contribution >= 0.6 is 11.3 Å². The molecule has 2 aromatic carbocycles. The van der Waals surface area contributed by atoms with Gasteiger partial charge in [-0.05, 0) is 17.2 Å². The van der Waals surface area contributed by atoms with Gasteiger partial charge in [-0.2, -0.15) is 4.98 Å². The minimum absolute atomic E-state index is 0.0214. The summed E-state index contributed by atoms with van der Waals surface area (Å²) in [7, 11) is 0. The second kappa shape index (κ2) is 7.80. The van der Waals surface area contributed by atoms with Crippen LogP contribution in [0.4, 0.5) is 5.13 Å². The number of nitrogens with one attached hydrogen (secondary N) is 1. The van der Waals surface area contributed by atoms with Gasteiger partial charge in [0.2, 0.25) is 11.0 Å². The van der Waals surface area contributed by atoms with E-state index < -0.39 is 5.91 Å². The molecule has 0 bridgehead atoms. The number of aromatic nitrogens is 6. The molecule has 146 valence electrons. The van der Waals surface area contributed by atoms with Crippen LogP contribution in [0.1, 0.15) is 32.7 Å². The first-order chi connectivity index (χ1) is 14.8. The Hall–Kier alpha value is -3.98. The van der Waals surface area contributed by atoms with E-state index in [1.54, 1.807) is 18.5 Å². The molecular formula is C21H15N7OS. The zero-order chi connectivity index (χ0) is 20.3. The Kier molecular flexibility index (Phi) is 4.70. The van der Waals surface area contributed by atoms with E-state index in [2.05, 4.69) is 54.8 Å². The quantitative estimate of drug-likeness (QED) is 0.474. The molecule has 0 aliphatic carbocycles. The third-order valence-electron chi connectivity index (χ3n) is 4.49. The number of fused-ring (bicyclic) bond motifs is 1. The molecule has 0 aliphatic rings. The number of carbonyl (C=O) groups is 1. The van der Waals surface area contributed by atoms with Gasteiger partial charge in [0.05, 0.1) is 5.92 Å². The maximum atomic E-state index is 12.6. The summed E-state index contributed by atoms with van der Waals surface area (Å²) in [5.74, 6) is -0.158. The summed E-state index contributed by atoms with van der Waals surface area (Å²) in [6.07, 6.45) is 3.27. The number of hydrogen-bond acceptors (Lipinski definition) is 7. The molecule has 5 aromatic rings. The highest BCUT2D eigenvalue weighted by molar-refractivity contribution is 7.15. The smallest absolute Gasteiger partial charge is 0.294 e. The van der Waals surface area contributed by atoms with Crippen LogP contribution in [-0.4, -0.2) is 35.7 Å². The van der Waals surface area contributed by atoms with Crippen LogP contribution < -0.4 is 5.32 Å². The average Bonchev–Trinajstić information content (AvgIpc) is 3.43. The van der Waals surface area contributed by atoms with Crippen LogP contribution in [0.3, 0.4) is 0 Å². The number of hydrogen-bond donors (Lipinski definition) is 1. The first-order valence-corrected chi connectivity index (χ1v) is 10.0. The van der Waals surface area contributed by atoms with Crippen molar-refractivity contribution < 1.29 is 4.79 Å². The molecule has 1 amide bonds. The SMILES string of the molecule is O=C(Nc1nnc(C(c2ccccc2)c2ccccc2)s1)c1nc2ncccn2n1. The largest absolute Gasteiger partial charge is 0.297 e. The molecule has 0 aliphatic heterocycles. The Labute approximate surface area is 175 Å². The molecule has 0 radical (unpaired) electrons.